The van der Waals surface area contributed by atoms with E-state index < -0.39 is 0 Å². The van der Waals surface area contributed by atoms with Crippen LogP contribution < -0.4 is 5.73 Å². The number of hydrogen-bond acceptors (Lipinski definition) is 5. The molecule has 5 N–H and O–H groups in total. The fourth-order valence-corrected chi connectivity index (χ4v) is 3.59. The van der Waals surface area contributed by atoms with Crippen LogP contribution in [0, 0.1) is 5.41 Å². The van der Waals surface area contributed by atoms with Crippen molar-refractivity contribution in [2.75, 3.05) is 0 Å². The highest BCUT2D eigenvalue weighted by molar-refractivity contribution is 5.98. The van der Waals surface area contributed by atoms with Gasteiger partial charge in [0, 0.05) is 29.9 Å². The molecule has 0 saturated carbocycles. The van der Waals surface area contributed by atoms with Crippen molar-refractivity contribution in [1.82, 2.24) is 24.7 Å². The first-order chi connectivity index (χ1) is 15.0. The Bertz CT molecular complexity index is 1420. The second kappa shape index (κ2) is 7.10. The number of aromatic amines is 1. The number of aromatic hydroxyl groups is 1. The SMILES string of the molecule is Cn1nc(-c2ccc(-c3ccccn3)cc2)c(O)c1-c1nc2ccc(C(=N)N)cc2[nH]1. The number of rotatable bonds is 4. The van der Waals surface area contributed by atoms with E-state index in [0.717, 1.165) is 22.3 Å². The molecule has 0 radical (unpaired) electrons. The number of nitrogen functional groups attached to an aromatic ring is 1. The molecule has 0 spiro atoms. The number of imidazole rings is 1. The van der Waals surface area contributed by atoms with Crippen LogP contribution in [0.5, 0.6) is 5.75 Å². The number of pyridine rings is 1. The van der Waals surface area contributed by atoms with Crippen LogP contribution in [0.4, 0.5) is 0 Å². The Morgan fingerprint density at radius 1 is 1.06 bits per heavy atom. The summed E-state index contributed by atoms with van der Waals surface area (Å²) in [6.07, 6.45) is 1.76. The van der Waals surface area contributed by atoms with Gasteiger partial charge < -0.3 is 15.8 Å². The summed E-state index contributed by atoms with van der Waals surface area (Å²) in [7, 11) is 1.76. The minimum Gasteiger partial charge on any atom is -0.504 e. The van der Waals surface area contributed by atoms with Crippen molar-refractivity contribution < 1.29 is 5.11 Å². The van der Waals surface area contributed by atoms with Crippen LogP contribution in [0.15, 0.2) is 66.9 Å². The van der Waals surface area contributed by atoms with Gasteiger partial charge in [0.25, 0.3) is 0 Å². The summed E-state index contributed by atoms with van der Waals surface area (Å²) in [4.78, 5) is 12.1. The molecule has 8 nitrogen and oxygen atoms in total. The van der Waals surface area contributed by atoms with Gasteiger partial charge in [0.05, 0.1) is 16.7 Å². The Balaban J connectivity index is 1.54. The van der Waals surface area contributed by atoms with Gasteiger partial charge in [-0.1, -0.05) is 30.3 Å². The largest absolute Gasteiger partial charge is 0.504 e. The third-order valence-electron chi connectivity index (χ3n) is 5.16. The standard InChI is InChI=1S/C23H19N7O/c1-30-20(23-27-17-10-9-15(22(24)25)12-18(17)28-23)21(31)19(29-30)14-7-5-13(6-8-14)16-4-2-3-11-26-16/h2-12,31H,1H3,(H3,24,25)(H,27,28). The topological polar surface area (TPSA) is 129 Å². The van der Waals surface area contributed by atoms with Crippen molar-refractivity contribution in [3.05, 3.63) is 72.4 Å². The molecule has 3 aromatic heterocycles. The number of nitrogens with zero attached hydrogens (tertiary/aromatic N) is 4. The molecule has 0 saturated heterocycles. The van der Waals surface area contributed by atoms with E-state index in [0.29, 0.717) is 28.3 Å². The van der Waals surface area contributed by atoms with Gasteiger partial charge in [-0.3, -0.25) is 15.1 Å². The summed E-state index contributed by atoms with van der Waals surface area (Å²) in [6.45, 7) is 0. The maximum absolute atomic E-state index is 11.0. The molecule has 0 bridgehead atoms. The Labute approximate surface area is 177 Å². The molecule has 3 heterocycles. The summed E-state index contributed by atoms with van der Waals surface area (Å²) in [5.74, 6) is 0.511. The number of H-pyrrole nitrogens is 1. The van der Waals surface area contributed by atoms with Crippen LogP contribution in [-0.2, 0) is 7.05 Å². The van der Waals surface area contributed by atoms with Gasteiger partial charge in [-0.25, -0.2) is 4.98 Å². The third-order valence-corrected chi connectivity index (χ3v) is 5.16. The van der Waals surface area contributed by atoms with E-state index in [1.165, 1.54) is 0 Å². The first-order valence-electron chi connectivity index (χ1n) is 9.63. The maximum Gasteiger partial charge on any atom is 0.173 e. The van der Waals surface area contributed by atoms with Crippen LogP contribution in [0.1, 0.15) is 5.56 Å². The summed E-state index contributed by atoms with van der Waals surface area (Å²) >= 11 is 0. The number of nitrogens with one attached hydrogen (secondary N) is 2. The lowest BCUT2D eigenvalue weighted by molar-refractivity contribution is 0.478. The van der Waals surface area contributed by atoms with Crippen molar-refractivity contribution in [1.29, 1.82) is 5.41 Å². The molecular weight excluding hydrogens is 390 g/mol. The van der Waals surface area contributed by atoms with Crippen LogP contribution in [0.3, 0.4) is 0 Å². The van der Waals surface area contributed by atoms with E-state index in [2.05, 4.69) is 20.1 Å². The first kappa shape index (κ1) is 18.6. The Hall–Kier alpha value is -4.46. The van der Waals surface area contributed by atoms with Gasteiger partial charge in [-0.15, -0.1) is 0 Å². The van der Waals surface area contributed by atoms with Gasteiger partial charge in [0.15, 0.2) is 11.6 Å². The van der Waals surface area contributed by atoms with E-state index in [4.69, 9.17) is 11.1 Å². The average molecular weight is 409 g/mol. The zero-order valence-corrected chi connectivity index (χ0v) is 16.7. The molecule has 31 heavy (non-hydrogen) atoms. The summed E-state index contributed by atoms with van der Waals surface area (Å²) < 4.78 is 1.60. The minimum atomic E-state index is -0.0159. The zero-order chi connectivity index (χ0) is 21.5. The van der Waals surface area contributed by atoms with Crippen LogP contribution in [-0.4, -0.2) is 35.7 Å². The Kier molecular flexibility index (Phi) is 4.25. The third kappa shape index (κ3) is 3.20. The Morgan fingerprint density at radius 3 is 2.55 bits per heavy atom. The molecule has 0 aliphatic rings. The van der Waals surface area contributed by atoms with Gasteiger partial charge in [0.2, 0.25) is 0 Å². The predicted molar refractivity (Wildman–Crippen MR) is 120 cm³/mol. The second-order valence-electron chi connectivity index (χ2n) is 7.19. The lowest BCUT2D eigenvalue weighted by Gasteiger charge is -2.02. The number of nitrogens with two attached hydrogens (primary N) is 1. The fraction of sp³-hybridized carbons (Fsp3) is 0.0435. The van der Waals surface area contributed by atoms with Gasteiger partial charge in [-0.05, 0) is 30.3 Å². The lowest BCUT2D eigenvalue weighted by atomic mass is 10.1. The van der Waals surface area contributed by atoms with E-state index >= 15 is 0 Å². The zero-order valence-electron chi connectivity index (χ0n) is 16.7. The quantitative estimate of drug-likeness (QED) is 0.266. The van der Waals surface area contributed by atoms with Crippen LogP contribution in [0.25, 0.3) is 45.1 Å². The number of benzene rings is 2. The number of aryl methyl sites for hydroxylation is 1. The number of hydrogen-bond donors (Lipinski definition) is 4. The molecule has 2 aromatic carbocycles. The Morgan fingerprint density at radius 2 is 1.84 bits per heavy atom. The molecule has 0 unspecified atom stereocenters. The summed E-state index contributed by atoms with van der Waals surface area (Å²) in [6, 6.07) is 18.8. The van der Waals surface area contributed by atoms with E-state index in [1.54, 1.807) is 36.1 Å². The summed E-state index contributed by atoms with van der Waals surface area (Å²) in [5.41, 5.74) is 11.2. The number of fused-ring (bicyclic) bond motifs is 1. The second-order valence-corrected chi connectivity index (χ2v) is 7.19. The first-order valence-corrected chi connectivity index (χ1v) is 9.63. The lowest BCUT2D eigenvalue weighted by Crippen LogP contribution is -2.10. The molecule has 0 aliphatic heterocycles. The van der Waals surface area contributed by atoms with E-state index in [-0.39, 0.29) is 11.6 Å². The normalized spacial score (nSPS) is 11.1. The van der Waals surface area contributed by atoms with Gasteiger partial charge in [-0.2, -0.15) is 5.10 Å². The molecule has 0 aliphatic carbocycles. The highest BCUT2D eigenvalue weighted by atomic mass is 16.3. The maximum atomic E-state index is 11.0. The number of aromatic nitrogens is 5. The highest BCUT2D eigenvalue weighted by Gasteiger charge is 2.21. The molecule has 8 heteroatoms. The fourth-order valence-electron chi connectivity index (χ4n) is 3.59. The number of amidine groups is 1. The molecule has 152 valence electrons. The van der Waals surface area contributed by atoms with Crippen molar-refractivity contribution in [3.8, 4) is 39.8 Å². The van der Waals surface area contributed by atoms with Gasteiger partial charge >= 0.3 is 0 Å². The van der Waals surface area contributed by atoms with Crippen molar-refractivity contribution in [3.63, 3.8) is 0 Å². The highest BCUT2D eigenvalue weighted by Crippen LogP contribution is 2.37. The van der Waals surface area contributed by atoms with Crippen molar-refractivity contribution in [2.24, 2.45) is 12.8 Å². The molecule has 0 amide bonds. The molecule has 5 aromatic rings. The molecule has 5 rings (SSSR count). The molecule has 0 atom stereocenters. The molecular formula is C23H19N7O. The van der Waals surface area contributed by atoms with Crippen molar-refractivity contribution in [2.45, 2.75) is 0 Å². The minimum absolute atomic E-state index is 0.0159. The van der Waals surface area contributed by atoms with Crippen LogP contribution >= 0.6 is 0 Å². The predicted octanol–water partition coefficient (Wildman–Crippen LogP) is 3.68. The van der Waals surface area contributed by atoms with Crippen molar-refractivity contribution >= 4 is 16.9 Å². The average Bonchev–Trinajstić information content (AvgIpc) is 3.33. The van der Waals surface area contributed by atoms with Crippen LogP contribution in [0.2, 0.25) is 0 Å². The van der Waals surface area contributed by atoms with E-state index in [1.807, 2.05) is 42.5 Å². The summed E-state index contributed by atoms with van der Waals surface area (Å²) in [5, 5.41) is 23.1. The van der Waals surface area contributed by atoms with E-state index in [9.17, 15) is 5.11 Å². The monoisotopic (exact) mass is 409 g/mol. The smallest absolute Gasteiger partial charge is 0.173 e. The van der Waals surface area contributed by atoms with Gasteiger partial charge in [0.1, 0.15) is 17.2 Å². The molecule has 0 fully saturated rings.